The Morgan fingerprint density at radius 3 is 2.58 bits per heavy atom. The van der Waals surface area contributed by atoms with Crippen molar-refractivity contribution in [3.63, 3.8) is 0 Å². The van der Waals surface area contributed by atoms with Gasteiger partial charge in [-0.2, -0.15) is 0 Å². The van der Waals surface area contributed by atoms with Crippen LogP contribution in [0.5, 0.6) is 0 Å². The van der Waals surface area contributed by atoms with E-state index < -0.39 is 0 Å². The molecule has 0 atom stereocenters. The van der Waals surface area contributed by atoms with Crippen LogP contribution in [0, 0.1) is 6.92 Å². The zero-order valence-corrected chi connectivity index (χ0v) is 11.6. The van der Waals surface area contributed by atoms with E-state index in [9.17, 15) is 4.79 Å². The lowest BCUT2D eigenvalue weighted by Crippen LogP contribution is -2.36. The predicted molar refractivity (Wildman–Crippen MR) is 78.1 cm³/mol. The molecule has 1 aliphatic rings. The van der Waals surface area contributed by atoms with E-state index in [-0.39, 0.29) is 6.03 Å². The number of hydrogen-bond acceptors (Lipinski definition) is 2. The second kappa shape index (κ2) is 6.57. The van der Waals surface area contributed by atoms with Crippen LogP contribution in [-0.4, -0.2) is 24.0 Å². The number of aryl methyl sites for hydroxylation is 1. The number of hydrogen-bond donors (Lipinski definition) is 2. The topological polar surface area (TPSA) is 58.4 Å². The van der Waals surface area contributed by atoms with Gasteiger partial charge in [0.25, 0.3) is 0 Å². The van der Waals surface area contributed by atoms with Crippen LogP contribution in [0.2, 0.25) is 0 Å². The summed E-state index contributed by atoms with van der Waals surface area (Å²) < 4.78 is 0. The van der Waals surface area contributed by atoms with E-state index in [1.165, 1.54) is 12.8 Å². The van der Waals surface area contributed by atoms with E-state index in [4.69, 9.17) is 5.73 Å². The summed E-state index contributed by atoms with van der Waals surface area (Å²) >= 11 is 0. The van der Waals surface area contributed by atoms with Crippen molar-refractivity contribution in [2.24, 2.45) is 5.73 Å². The molecule has 1 aromatic carbocycles. The number of carbonyl (C=O) groups excluding carboxylic acids is 1. The van der Waals surface area contributed by atoms with Gasteiger partial charge in [0, 0.05) is 25.3 Å². The molecule has 19 heavy (non-hydrogen) atoms. The molecule has 1 saturated heterocycles. The Labute approximate surface area is 115 Å². The van der Waals surface area contributed by atoms with Gasteiger partial charge < -0.3 is 16.0 Å². The number of likely N-dealkylation sites (tertiary alicyclic amines) is 1. The Hall–Kier alpha value is -1.55. The molecule has 1 fully saturated rings. The Bertz CT molecular complexity index is 437. The number of carbonyl (C=O) groups is 1. The summed E-state index contributed by atoms with van der Waals surface area (Å²) in [5, 5.41) is 3.01. The quantitative estimate of drug-likeness (QED) is 0.860. The molecule has 2 amide bonds. The number of nitrogens with one attached hydrogen (secondary N) is 1. The molecule has 1 heterocycles. The molecule has 4 heteroatoms. The van der Waals surface area contributed by atoms with E-state index in [2.05, 4.69) is 5.32 Å². The molecule has 3 N–H and O–H groups in total. The third-order valence-electron chi connectivity index (χ3n) is 3.75. The summed E-state index contributed by atoms with van der Waals surface area (Å²) in [6.45, 7) is 4.18. The first-order valence-electron chi connectivity index (χ1n) is 7.07. The summed E-state index contributed by atoms with van der Waals surface area (Å²) in [6, 6.07) is 5.89. The fraction of sp³-hybridized carbons (Fsp3) is 0.533. The van der Waals surface area contributed by atoms with Crippen molar-refractivity contribution in [1.82, 2.24) is 4.90 Å². The first-order valence-corrected chi connectivity index (χ1v) is 7.07. The smallest absolute Gasteiger partial charge is 0.321 e. The zero-order chi connectivity index (χ0) is 13.7. The lowest BCUT2D eigenvalue weighted by molar-refractivity contribution is 0.213. The number of nitrogens with two attached hydrogens (primary N) is 1. The van der Waals surface area contributed by atoms with Gasteiger partial charge in [-0.3, -0.25) is 0 Å². The number of rotatable bonds is 2. The van der Waals surface area contributed by atoms with E-state index >= 15 is 0 Å². The molecule has 0 aliphatic carbocycles. The van der Waals surface area contributed by atoms with E-state index in [0.717, 1.165) is 42.7 Å². The van der Waals surface area contributed by atoms with Crippen LogP contribution in [0.3, 0.4) is 0 Å². The van der Waals surface area contributed by atoms with Crippen molar-refractivity contribution in [1.29, 1.82) is 0 Å². The number of nitrogens with zero attached hydrogens (tertiary/aromatic N) is 1. The van der Waals surface area contributed by atoms with Crippen molar-refractivity contribution in [3.8, 4) is 0 Å². The SMILES string of the molecule is Cc1cccc(NC(=O)N2CCCCCC2)c1CN. The summed E-state index contributed by atoms with van der Waals surface area (Å²) in [6.07, 6.45) is 4.65. The lowest BCUT2D eigenvalue weighted by atomic mass is 10.1. The molecule has 104 valence electrons. The molecule has 0 saturated carbocycles. The normalized spacial score (nSPS) is 16.0. The molecule has 0 aromatic heterocycles. The Kier molecular flexibility index (Phi) is 4.80. The average Bonchev–Trinajstić information content (AvgIpc) is 2.68. The van der Waals surface area contributed by atoms with Gasteiger partial charge in [0.05, 0.1) is 0 Å². The highest BCUT2D eigenvalue weighted by atomic mass is 16.2. The van der Waals surface area contributed by atoms with E-state index in [1.807, 2.05) is 30.0 Å². The molecule has 1 aliphatic heterocycles. The molecule has 2 rings (SSSR count). The van der Waals surface area contributed by atoms with Gasteiger partial charge in [-0.05, 0) is 37.0 Å². The summed E-state index contributed by atoms with van der Waals surface area (Å²) in [4.78, 5) is 14.2. The van der Waals surface area contributed by atoms with Crippen molar-refractivity contribution >= 4 is 11.7 Å². The lowest BCUT2D eigenvalue weighted by Gasteiger charge is -2.22. The largest absolute Gasteiger partial charge is 0.326 e. The Balaban J connectivity index is 2.07. The maximum absolute atomic E-state index is 12.3. The van der Waals surface area contributed by atoms with Crippen LogP contribution >= 0.6 is 0 Å². The number of anilines is 1. The van der Waals surface area contributed by atoms with Crippen molar-refractivity contribution in [2.45, 2.75) is 39.2 Å². The van der Waals surface area contributed by atoms with Crippen LogP contribution in [0.4, 0.5) is 10.5 Å². The maximum atomic E-state index is 12.3. The van der Waals surface area contributed by atoms with Crippen molar-refractivity contribution in [2.75, 3.05) is 18.4 Å². The molecule has 1 aromatic rings. The highest BCUT2D eigenvalue weighted by molar-refractivity contribution is 5.90. The van der Waals surface area contributed by atoms with Gasteiger partial charge in [0.2, 0.25) is 0 Å². The second-order valence-electron chi connectivity index (χ2n) is 5.14. The van der Waals surface area contributed by atoms with Gasteiger partial charge in [-0.25, -0.2) is 4.79 Å². The summed E-state index contributed by atoms with van der Waals surface area (Å²) in [5.41, 5.74) is 8.75. The van der Waals surface area contributed by atoms with Gasteiger partial charge >= 0.3 is 6.03 Å². The van der Waals surface area contributed by atoms with Gasteiger partial charge in [0.1, 0.15) is 0 Å². The molecule has 0 bridgehead atoms. The van der Waals surface area contributed by atoms with Gasteiger partial charge in [0.15, 0.2) is 0 Å². The monoisotopic (exact) mass is 261 g/mol. The molecule has 0 unspecified atom stereocenters. The molecular weight excluding hydrogens is 238 g/mol. The summed E-state index contributed by atoms with van der Waals surface area (Å²) in [5.74, 6) is 0. The van der Waals surface area contributed by atoms with Crippen LogP contribution in [-0.2, 0) is 6.54 Å². The van der Waals surface area contributed by atoms with Crippen LogP contribution in [0.1, 0.15) is 36.8 Å². The van der Waals surface area contributed by atoms with Crippen molar-refractivity contribution in [3.05, 3.63) is 29.3 Å². The average molecular weight is 261 g/mol. The Morgan fingerprint density at radius 2 is 1.95 bits per heavy atom. The second-order valence-corrected chi connectivity index (χ2v) is 5.14. The molecule has 0 radical (unpaired) electrons. The minimum absolute atomic E-state index is 0.00204. The fourth-order valence-electron chi connectivity index (χ4n) is 2.56. The highest BCUT2D eigenvalue weighted by Crippen LogP contribution is 2.20. The first-order chi connectivity index (χ1) is 9.22. The highest BCUT2D eigenvalue weighted by Gasteiger charge is 2.16. The van der Waals surface area contributed by atoms with Crippen LogP contribution < -0.4 is 11.1 Å². The molecule has 4 nitrogen and oxygen atoms in total. The van der Waals surface area contributed by atoms with Gasteiger partial charge in [-0.1, -0.05) is 25.0 Å². The van der Waals surface area contributed by atoms with Crippen molar-refractivity contribution < 1.29 is 4.79 Å². The minimum atomic E-state index is 0.00204. The van der Waals surface area contributed by atoms with Gasteiger partial charge in [-0.15, -0.1) is 0 Å². The first kappa shape index (κ1) is 13.9. The number of amides is 2. The van der Waals surface area contributed by atoms with E-state index in [1.54, 1.807) is 0 Å². The number of benzene rings is 1. The van der Waals surface area contributed by atoms with E-state index in [0.29, 0.717) is 6.54 Å². The van der Waals surface area contributed by atoms with Crippen LogP contribution in [0.15, 0.2) is 18.2 Å². The number of urea groups is 1. The molecular formula is C15H23N3O. The van der Waals surface area contributed by atoms with Crippen LogP contribution in [0.25, 0.3) is 0 Å². The predicted octanol–water partition coefficient (Wildman–Crippen LogP) is 2.86. The minimum Gasteiger partial charge on any atom is -0.326 e. The maximum Gasteiger partial charge on any atom is 0.321 e. The Morgan fingerprint density at radius 1 is 1.26 bits per heavy atom. The zero-order valence-electron chi connectivity index (χ0n) is 11.6. The molecule has 0 spiro atoms. The third-order valence-corrected chi connectivity index (χ3v) is 3.75. The standard InChI is InChI=1S/C15H23N3O/c1-12-7-6-8-14(13(12)11-16)17-15(19)18-9-4-2-3-5-10-18/h6-8H,2-5,9-11,16H2,1H3,(H,17,19). The third kappa shape index (κ3) is 3.47. The fourth-order valence-corrected chi connectivity index (χ4v) is 2.56. The summed E-state index contributed by atoms with van der Waals surface area (Å²) in [7, 11) is 0.